The summed E-state index contributed by atoms with van der Waals surface area (Å²) in [5.74, 6) is 1.08. The maximum Gasteiger partial charge on any atom is 0.180 e. The van der Waals surface area contributed by atoms with Crippen molar-refractivity contribution >= 4 is 16.5 Å². The molecule has 0 fully saturated rings. The van der Waals surface area contributed by atoms with Crippen LogP contribution in [-0.2, 0) is 19.3 Å². The van der Waals surface area contributed by atoms with Gasteiger partial charge in [0.2, 0.25) is 0 Å². The van der Waals surface area contributed by atoms with E-state index in [-0.39, 0.29) is 0 Å². The maximum atomic E-state index is 5.83. The third-order valence-electron chi connectivity index (χ3n) is 4.81. The van der Waals surface area contributed by atoms with Gasteiger partial charge in [-0.3, -0.25) is 4.90 Å². The monoisotopic (exact) mass is 315 g/mol. The van der Waals surface area contributed by atoms with Gasteiger partial charge in [-0.2, -0.15) is 0 Å². The standard InChI is InChI=1S/C17H21N3OS/c1-11(13-3-2-12-6-9-21-15(12)10-13)20-7-4-14-16(5-8-20)22-17(18)19-14/h2-3,10-11H,4-9H2,1H3,(H2,18,19). The number of hydrogen-bond donors (Lipinski definition) is 1. The van der Waals surface area contributed by atoms with Crippen LogP contribution >= 0.6 is 11.3 Å². The molecule has 4 rings (SSSR count). The molecule has 116 valence electrons. The van der Waals surface area contributed by atoms with E-state index in [1.54, 1.807) is 11.3 Å². The Bertz CT molecular complexity index is 672. The summed E-state index contributed by atoms with van der Waals surface area (Å²) in [4.78, 5) is 8.38. The molecule has 2 N–H and O–H groups in total. The molecule has 0 spiro atoms. The van der Waals surface area contributed by atoms with E-state index in [1.807, 2.05) is 0 Å². The highest BCUT2D eigenvalue weighted by Gasteiger charge is 2.23. The van der Waals surface area contributed by atoms with Crippen molar-refractivity contribution < 1.29 is 4.74 Å². The smallest absolute Gasteiger partial charge is 0.180 e. The van der Waals surface area contributed by atoms with E-state index in [2.05, 4.69) is 35.0 Å². The summed E-state index contributed by atoms with van der Waals surface area (Å²) < 4.78 is 5.71. The molecule has 0 saturated heterocycles. The van der Waals surface area contributed by atoms with Crippen molar-refractivity contribution in [1.29, 1.82) is 0 Å². The Labute approximate surface area is 134 Å². The summed E-state index contributed by atoms with van der Waals surface area (Å²) in [5, 5.41) is 0.710. The van der Waals surface area contributed by atoms with Crippen LogP contribution in [-0.4, -0.2) is 29.6 Å². The minimum absolute atomic E-state index is 0.404. The van der Waals surface area contributed by atoms with E-state index in [1.165, 1.54) is 21.7 Å². The topological polar surface area (TPSA) is 51.4 Å². The van der Waals surface area contributed by atoms with Crippen molar-refractivity contribution in [2.75, 3.05) is 25.4 Å². The SMILES string of the molecule is CC(c1ccc2c(c1)OCC2)N1CCc2nc(N)sc2CC1. The van der Waals surface area contributed by atoms with Crippen molar-refractivity contribution in [1.82, 2.24) is 9.88 Å². The van der Waals surface area contributed by atoms with Gasteiger partial charge >= 0.3 is 0 Å². The number of hydrogen-bond acceptors (Lipinski definition) is 5. The van der Waals surface area contributed by atoms with Crippen LogP contribution in [0.5, 0.6) is 5.75 Å². The highest BCUT2D eigenvalue weighted by Crippen LogP contribution is 2.32. The van der Waals surface area contributed by atoms with Gasteiger partial charge in [0.05, 0.1) is 12.3 Å². The minimum atomic E-state index is 0.404. The molecule has 4 nitrogen and oxygen atoms in total. The second kappa shape index (κ2) is 5.56. The van der Waals surface area contributed by atoms with Crippen molar-refractivity contribution in [2.45, 2.75) is 32.2 Å². The zero-order chi connectivity index (χ0) is 15.1. The van der Waals surface area contributed by atoms with Crippen LogP contribution in [0.15, 0.2) is 18.2 Å². The summed E-state index contributed by atoms with van der Waals surface area (Å²) in [6, 6.07) is 7.12. The Balaban J connectivity index is 1.51. The number of rotatable bonds is 2. The Morgan fingerprint density at radius 3 is 3.05 bits per heavy atom. The van der Waals surface area contributed by atoms with E-state index in [0.717, 1.165) is 44.7 Å². The minimum Gasteiger partial charge on any atom is -0.493 e. The molecular weight excluding hydrogens is 294 g/mol. The zero-order valence-electron chi connectivity index (χ0n) is 12.8. The molecule has 0 radical (unpaired) electrons. The predicted molar refractivity (Wildman–Crippen MR) is 89.6 cm³/mol. The van der Waals surface area contributed by atoms with Gasteiger partial charge in [0.15, 0.2) is 5.13 Å². The number of nitrogen functional groups attached to an aromatic ring is 1. The third-order valence-corrected chi connectivity index (χ3v) is 5.79. The summed E-state index contributed by atoms with van der Waals surface area (Å²) in [5.41, 5.74) is 9.72. The Kier molecular flexibility index (Phi) is 3.54. The van der Waals surface area contributed by atoms with E-state index in [9.17, 15) is 0 Å². The molecule has 2 aliphatic rings. The first-order valence-electron chi connectivity index (χ1n) is 7.94. The van der Waals surface area contributed by atoms with E-state index >= 15 is 0 Å². The number of fused-ring (bicyclic) bond motifs is 2. The molecule has 5 heteroatoms. The van der Waals surface area contributed by atoms with Crippen molar-refractivity contribution in [3.63, 3.8) is 0 Å². The number of nitrogens with two attached hydrogens (primary N) is 1. The normalized spacial score (nSPS) is 19.1. The number of anilines is 1. The molecule has 1 unspecified atom stereocenters. The second-order valence-electron chi connectivity index (χ2n) is 6.10. The number of thiazole rings is 1. The van der Waals surface area contributed by atoms with Crippen LogP contribution in [0.3, 0.4) is 0 Å². The van der Waals surface area contributed by atoms with E-state index in [4.69, 9.17) is 10.5 Å². The van der Waals surface area contributed by atoms with Gasteiger partial charge in [0.25, 0.3) is 0 Å². The fourth-order valence-electron chi connectivity index (χ4n) is 3.44. The molecule has 22 heavy (non-hydrogen) atoms. The number of benzene rings is 1. The average Bonchev–Trinajstić information content (AvgIpc) is 3.07. The highest BCUT2D eigenvalue weighted by atomic mass is 32.1. The van der Waals surface area contributed by atoms with Crippen molar-refractivity contribution in [3.8, 4) is 5.75 Å². The fourth-order valence-corrected chi connectivity index (χ4v) is 4.31. The number of aromatic nitrogens is 1. The predicted octanol–water partition coefficient (Wildman–Crippen LogP) is 2.82. The first kappa shape index (κ1) is 14.0. The molecule has 0 saturated carbocycles. The van der Waals surface area contributed by atoms with Gasteiger partial charge in [-0.25, -0.2) is 4.98 Å². The number of nitrogens with zero attached hydrogens (tertiary/aromatic N) is 2. The van der Waals surface area contributed by atoms with Gasteiger partial charge in [0.1, 0.15) is 5.75 Å². The second-order valence-corrected chi connectivity index (χ2v) is 7.21. The van der Waals surface area contributed by atoms with Crippen LogP contribution in [0.4, 0.5) is 5.13 Å². The average molecular weight is 315 g/mol. The molecule has 1 aromatic carbocycles. The molecule has 0 bridgehead atoms. The molecule has 0 amide bonds. The van der Waals surface area contributed by atoms with Crippen molar-refractivity contribution in [2.24, 2.45) is 0 Å². The molecule has 0 aliphatic carbocycles. The summed E-state index contributed by atoms with van der Waals surface area (Å²) in [6.07, 6.45) is 3.09. The van der Waals surface area contributed by atoms with Gasteiger partial charge in [0, 0.05) is 36.9 Å². The Morgan fingerprint density at radius 1 is 1.27 bits per heavy atom. The van der Waals surface area contributed by atoms with Gasteiger partial charge in [-0.1, -0.05) is 12.1 Å². The lowest BCUT2D eigenvalue weighted by Gasteiger charge is -2.28. The summed E-state index contributed by atoms with van der Waals surface area (Å²) in [6.45, 7) is 5.21. The summed E-state index contributed by atoms with van der Waals surface area (Å²) >= 11 is 1.65. The fraction of sp³-hybridized carbons (Fsp3) is 0.471. The molecule has 1 aromatic heterocycles. The van der Waals surface area contributed by atoms with Crippen molar-refractivity contribution in [3.05, 3.63) is 39.9 Å². The lowest BCUT2D eigenvalue weighted by molar-refractivity contribution is 0.220. The zero-order valence-corrected chi connectivity index (χ0v) is 13.7. The largest absolute Gasteiger partial charge is 0.493 e. The Morgan fingerprint density at radius 2 is 2.14 bits per heavy atom. The van der Waals surface area contributed by atoms with Gasteiger partial charge in [-0.05, 0) is 30.5 Å². The lowest BCUT2D eigenvalue weighted by atomic mass is 10.0. The Hall–Kier alpha value is -1.59. The van der Waals surface area contributed by atoms with Crippen LogP contribution in [0.2, 0.25) is 0 Å². The molecule has 3 heterocycles. The van der Waals surface area contributed by atoms with Crippen LogP contribution < -0.4 is 10.5 Å². The number of ether oxygens (including phenoxy) is 1. The molecule has 2 aliphatic heterocycles. The maximum absolute atomic E-state index is 5.83. The van der Waals surface area contributed by atoms with E-state index in [0.29, 0.717) is 11.2 Å². The highest BCUT2D eigenvalue weighted by molar-refractivity contribution is 7.15. The summed E-state index contributed by atoms with van der Waals surface area (Å²) in [7, 11) is 0. The first-order chi connectivity index (χ1) is 10.7. The van der Waals surface area contributed by atoms with Crippen LogP contribution in [0, 0.1) is 0 Å². The van der Waals surface area contributed by atoms with Gasteiger partial charge in [-0.15, -0.1) is 11.3 Å². The molecular formula is C17H21N3OS. The van der Waals surface area contributed by atoms with Crippen LogP contribution in [0.1, 0.15) is 34.7 Å². The third kappa shape index (κ3) is 2.48. The quantitative estimate of drug-likeness (QED) is 0.926. The molecule has 2 aromatic rings. The van der Waals surface area contributed by atoms with E-state index < -0.39 is 0 Å². The first-order valence-corrected chi connectivity index (χ1v) is 8.76. The van der Waals surface area contributed by atoms with Gasteiger partial charge < -0.3 is 10.5 Å². The van der Waals surface area contributed by atoms with Crippen LogP contribution in [0.25, 0.3) is 0 Å². The lowest BCUT2D eigenvalue weighted by Crippen LogP contribution is -2.29. The molecule has 1 atom stereocenters.